The van der Waals surface area contributed by atoms with E-state index in [1.807, 2.05) is 6.92 Å². The number of carbonyl (C=O) groups is 1. The average molecular weight is 252 g/mol. The molecular formula is C13H24N4O. The minimum Gasteiger partial charge on any atom is -0.355 e. The maximum Gasteiger partial charge on any atom is 0.234 e. The predicted molar refractivity (Wildman–Crippen MR) is 71.0 cm³/mol. The van der Waals surface area contributed by atoms with E-state index in [1.54, 1.807) is 0 Å². The topological polar surface area (TPSA) is 59.4 Å². The Morgan fingerprint density at radius 1 is 1.39 bits per heavy atom. The molecule has 1 N–H and O–H groups in total. The van der Waals surface area contributed by atoms with Gasteiger partial charge in [-0.1, -0.05) is 13.3 Å². The van der Waals surface area contributed by atoms with Crippen molar-refractivity contribution in [2.24, 2.45) is 0 Å². The third-order valence-electron chi connectivity index (χ3n) is 3.36. The van der Waals surface area contributed by atoms with Gasteiger partial charge in [-0.25, -0.2) is 0 Å². The van der Waals surface area contributed by atoms with E-state index < -0.39 is 0 Å². The van der Waals surface area contributed by atoms with Crippen LogP contribution in [-0.2, 0) is 4.79 Å². The van der Waals surface area contributed by atoms with Gasteiger partial charge in [0, 0.05) is 32.7 Å². The second-order valence-electron chi connectivity index (χ2n) is 4.82. The summed E-state index contributed by atoms with van der Waals surface area (Å²) in [4.78, 5) is 16.0. The van der Waals surface area contributed by atoms with Crippen molar-refractivity contribution in [1.82, 2.24) is 15.1 Å². The van der Waals surface area contributed by atoms with Crippen LogP contribution in [0.15, 0.2) is 0 Å². The van der Waals surface area contributed by atoms with Gasteiger partial charge in [0.05, 0.1) is 18.7 Å². The standard InChI is InChI=1S/C13H24N4O/c1-3-4-5-15-13(18)11-16-6-8-17(9-7-16)12(2)10-14/h12H,3-9,11H2,1-2H3,(H,15,18). The molecule has 5 nitrogen and oxygen atoms in total. The summed E-state index contributed by atoms with van der Waals surface area (Å²) < 4.78 is 0. The lowest BCUT2D eigenvalue weighted by Crippen LogP contribution is -2.51. The largest absolute Gasteiger partial charge is 0.355 e. The molecule has 1 fully saturated rings. The number of amides is 1. The van der Waals surface area contributed by atoms with Crippen molar-refractivity contribution in [2.75, 3.05) is 39.3 Å². The number of nitrogens with zero attached hydrogens (tertiary/aromatic N) is 3. The Morgan fingerprint density at radius 3 is 2.61 bits per heavy atom. The molecule has 0 bridgehead atoms. The first-order chi connectivity index (χ1) is 8.67. The molecule has 0 saturated carbocycles. The molecule has 1 aliphatic rings. The van der Waals surface area contributed by atoms with Crippen molar-refractivity contribution in [1.29, 1.82) is 5.26 Å². The second kappa shape index (κ2) is 8.06. The molecule has 0 aromatic carbocycles. The Kier molecular flexibility index (Phi) is 6.69. The number of piperazine rings is 1. The highest BCUT2D eigenvalue weighted by atomic mass is 16.2. The lowest BCUT2D eigenvalue weighted by molar-refractivity contribution is -0.122. The summed E-state index contributed by atoms with van der Waals surface area (Å²) in [5.41, 5.74) is 0. The van der Waals surface area contributed by atoms with Gasteiger partial charge in [0.15, 0.2) is 0 Å². The van der Waals surface area contributed by atoms with E-state index in [4.69, 9.17) is 5.26 Å². The number of hydrogen-bond acceptors (Lipinski definition) is 4. The number of nitrogens with one attached hydrogen (secondary N) is 1. The van der Waals surface area contributed by atoms with Crippen LogP contribution in [0.3, 0.4) is 0 Å². The molecule has 1 atom stereocenters. The van der Waals surface area contributed by atoms with Crippen molar-refractivity contribution in [2.45, 2.75) is 32.7 Å². The Morgan fingerprint density at radius 2 is 2.06 bits per heavy atom. The molecule has 0 aliphatic carbocycles. The molecule has 1 unspecified atom stereocenters. The summed E-state index contributed by atoms with van der Waals surface area (Å²) in [7, 11) is 0. The molecule has 102 valence electrons. The van der Waals surface area contributed by atoms with Gasteiger partial charge < -0.3 is 5.32 Å². The second-order valence-corrected chi connectivity index (χ2v) is 4.82. The summed E-state index contributed by atoms with van der Waals surface area (Å²) in [6.07, 6.45) is 2.14. The number of unbranched alkanes of at least 4 members (excludes halogenated alkanes) is 1. The molecule has 1 heterocycles. The van der Waals surface area contributed by atoms with E-state index in [2.05, 4.69) is 28.1 Å². The molecule has 5 heteroatoms. The molecule has 1 amide bonds. The van der Waals surface area contributed by atoms with Crippen molar-refractivity contribution < 1.29 is 4.79 Å². The first-order valence-electron chi connectivity index (χ1n) is 6.80. The van der Waals surface area contributed by atoms with Crippen LogP contribution < -0.4 is 5.32 Å². The first kappa shape index (κ1) is 14.9. The fourth-order valence-corrected chi connectivity index (χ4v) is 2.05. The van der Waals surface area contributed by atoms with E-state index in [0.29, 0.717) is 6.54 Å². The summed E-state index contributed by atoms with van der Waals surface area (Å²) in [6, 6.07) is 2.23. The van der Waals surface area contributed by atoms with Crippen molar-refractivity contribution in [3.63, 3.8) is 0 Å². The Bertz CT molecular complexity index is 292. The highest BCUT2D eigenvalue weighted by Gasteiger charge is 2.21. The summed E-state index contributed by atoms with van der Waals surface area (Å²) >= 11 is 0. The molecule has 1 aliphatic heterocycles. The third kappa shape index (κ3) is 5.03. The Hall–Kier alpha value is -1.12. The molecule has 0 aromatic heterocycles. The fraction of sp³-hybridized carbons (Fsp3) is 0.846. The summed E-state index contributed by atoms with van der Waals surface area (Å²) in [5, 5.41) is 11.8. The maximum absolute atomic E-state index is 11.6. The van der Waals surface area contributed by atoms with Gasteiger partial charge in [-0.15, -0.1) is 0 Å². The molecule has 0 aromatic rings. The predicted octanol–water partition coefficient (Wildman–Crippen LogP) is 0.432. The van der Waals surface area contributed by atoms with Gasteiger partial charge in [-0.2, -0.15) is 5.26 Å². The van der Waals surface area contributed by atoms with Gasteiger partial charge in [0.25, 0.3) is 0 Å². The highest BCUT2D eigenvalue weighted by Crippen LogP contribution is 2.05. The van der Waals surface area contributed by atoms with E-state index in [9.17, 15) is 4.79 Å². The molecular weight excluding hydrogens is 228 g/mol. The first-order valence-corrected chi connectivity index (χ1v) is 6.80. The minimum atomic E-state index is -0.0227. The van der Waals surface area contributed by atoms with Crippen LogP contribution in [0.4, 0.5) is 0 Å². The molecule has 1 saturated heterocycles. The van der Waals surface area contributed by atoms with Crippen LogP contribution in [0.25, 0.3) is 0 Å². The summed E-state index contributed by atoms with van der Waals surface area (Å²) in [5.74, 6) is 0.116. The zero-order valence-corrected chi connectivity index (χ0v) is 11.5. The van der Waals surface area contributed by atoms with Crippen molar-refractivity contribution in [3.8, 4) is 6.07 Å². The van der Waals surface area contributed by atoms with Crippen molar-refractivity contribution >= 4 is 5.91 Å². The minimum absolute atomic E-state index is 0.0227. The average Bonchev–Trinajstić information content (AvgIpc) is 2.39. The number of carbonyl (C=O) groups excluding carboxylic acids is 1. The van der Waals surface area contributed by atoms with Gasteiger partial charge in [0.2, 0.25) is 5.91 Å². The van der Waals surface area contributed by atoms with Gasteiger partial charge in [-0.05, 0) is 13.3 Å². The zero-order valence-electron chi connectivity index (χ0n) is 11.5. The molecule has 0 radical (unpaired) electrons. The summed E-state index contributed by atoms with van der Waals surface area (Å²) in [6.45, 7) is 8.78. The molecule has 0 spiro atoms. The lowest BCUT2D eigenvalue weighted by Gasteiger charge is -2.35. The van der Waals surface area contributed by atoms with Crippen LogP contribution in [-0.4, -0.2) is 61.0 Å². The smallest absolute Gasteiger partial charge is 0.234 e. The van der Waals surface area contributed by atoms with Gasteiger partial charge >= 0.3 is 0 Å². The number of hydrogen-bond donors (Lipinski definition) is 1. The maximum atomic E-state index is 11.6. The quantitative estimate of drug-likeness (QED) is 0.697. The fourth-order valence-electron chi connectivity index (χ4n) is 2.05. The van der Waals surface area contributed by atoms with Crippen molar-refractivity contribution in [3.05, 3.63) is 0 Å². The highest BCUT2D eigenvalue weighted by molar-refractivity contribution is 5.77. The SMILES string of the molecule is CCCCNC(=O)CN1CCN(C(C)C#N)CC1. The van der Waals surface area contributed by atoms with Crippen LogP contribution in [0.2, 0.25) is 0 Å². The van der Waals surface area contributed by atoms with Gasteiger partial charge in [0.1, 0.15) is 0 Å². The lowest BCUT2D eigenvalue weighted by atomic mass is 10.2. The van der Waals surface area contributed by atoms with Crippen LogP contribution in [0, 0.1) is 11.3 Å². The van der Waals surface area contributed by atoms with E-state index in [-0.39, 0.29) is 11.9 Å². The van der Waals surface area contributed by atoms with E-state index in [1.165, 1.54) is 0 Å². The Labute approximate surface area is 110 Å². The van der Waals surface area contributed by atoms with E-state index in [0.717, 1.165) is 45.6 Å². The van der Waals surface area contributed by atoms with Crippen LogP contribution in [0.1, 0.15) is 26.7 Å². The number of rotatable bonds is 6. The number of nitriles is 1. The Balaban J connectivity index is 2.19. The molecule has 18 heavy (non-hydrogen) atoms. The van der Waals surface area contributed by atoms with Gasteiger partial charge in [-0.3, -0.25) is 14.6 Å². The zero-order chi connectivity index (χ0) is 13.4. The van der Waals surface area contributed by atoms with Crippen LogP contribution in [0.5, 0.6) is 0 Å². The monoisotopic (exact) mass is 252 g/mol. The van der Waals surface area contributed by atoms with Crippen LogP contribution >= 0.6 is 0 Å². The normalized spacial score (nSPS) is 19.2. The third-order valence-corrected chi connectivity index (χ3v) is 3.36. The molecule has 1 rings (SSSR count). The van der Waals surface area contributed by atoms with E-state index >= 15 is 0 Å².